The number of nitrogens with zero attached hydrogens (tertiary/aromatic N) is 1. The number of rotatable bonds is 4. The number of carbonyl (C=O) groups is 1. The second kappa shape index (κ2) is 6.43. The van der Waals surface area contributed by atoms with Crippen LogP contribution in [0.3, 0.4) is 0 Å². The van der Waals surface area contributed by atoms with Gasteiger partial charge in [-0.2, -0.15) is 0 Å². The molecule has 5 nitrogen and oxygen atoms in total. The molecule has 3 atom stereocenters. The van der Waals surface area contributed by atoms with Gasteiger partial charge in [0.25, 0.3) is 0 Å². The predicted octanol–water partition coefficient (Wildman–Crippen LogP) is 3.76. The van der Waals surface area contributed by atoms with E-state index in [9.17, 15) is 4.79 Å². The van der Waals surface area contributed by atoms with Crippen LogP contribution in [-0.2, 0) is 16.1 Å². The van der Waals surface area contributed by atoms with Gasteiger partial charge in [0, 0.05) is 29.1 Å². The summed E-state index contributed by atoms with van der Waals surface area (Å²) in [5, 5.41) is 1.16. The lowest BCUT2D eigenvalue weighted by Crippen LogP contribution is -2.36. The van der Waals surface area contributed by atoms with Crippen LogP contribution in [0.1, 0.15) is 35.2 Å². The number of fused-ring (bicyclic) bond motifs is 6. The zero-order chi connectivity index (χ0) is 18.4. The lowest BCUT2D eigenvalue weighted by atomic mass is 9.90. The van der Waals surface area contributed by atoms with Crippen molar-refractivity contribution in [2.75, 3.05) is 20.2 Å². The molecule has 5 heteroatoms. The quantitative estimate of drug-likeness (QED) is 0.718. The Labute approximate surface area is 157 Å². The summed E-state index contributed by atoms with van der Waals surface area (Å²) in [6, 6.07) is 16.0. The number of aromatic amines is 1. The Hall–Kier alpha value is -2.79. The molecule has 3 heterocycles. The summed E-state index contributed by atoms with van der Waals surface area (Å²) in [6.07, 6.45) is 1.07. The molecule has 0 saturated carbocycles. The first-order chi connectivity index (χ1) is 13.2. The molecule has 3 aromatic rings. The zero-order valence-electron chi connectivity index (χ0n) is 15.3. The van der Waals surface area contributed by atoms with Gasteiger partial charge in [0.05, 0.1) is 7.11 Å². The van der Waals surface area contributed by atoms with Crippen molar-refractivity contribution in [3.63, 3.8) is 0 Å². The number of benzene rings is 2. The van der Waals surface area contributed by atoms with Crippen LogP contribution in [-0.4, -0.2) is 36.1 Å². The molecule has 0 aliphatic carbocycles. The van der Waals surface area contributed by atoms with E-state index in [1.54, 1.807) is 0 Å². The summed E-state index contributed by atoms with van der Waals surface area (Å²) in [7, 11) is 1.46. The largest absolute Gasteiger partial charge is 0.489 e. The second-order valence-electron chi connectivity index (χ2n) is 7.34. The average Bonchev–Trinajstić information content (AvgIpc) is 3.29. The molecule has 2 aliphatic heterocycles. The molecule has 3 unspecified atom stereocenters. The van der Waals surface area contributed by atoms with Crippen molar-refractivity contribution >= 4 is 16.9 Å². The molecule has 27 heavy (non-hydrogen) atoms. The van der Waals surface area contributed by atoms with E-state index in [1.165, 1.54) is 12.7 Å². The number of H-pyrrole nitrogens is 1. The van der Waals surface area contributed by atoms with Crippen molar-refractivity contribution < 1.29 is 14.3 Å². The highest BCUT2D eigenvalue weighted by atomic mass is 16.5. The first kappa shape index (κ1) is 16.4. The molecule has 0 radical (unpaired) electrons. The number of aromatic nitrogens is 1. The Morgan fingerprint density at radius 1 is 1.22 bits per heavy atom. The van der Waals surface area contributed by atoms with Gasteiger partial charge in [-0.1, -0.05) is 30.3 Å². The van der Waals surface area contributed by atoms with Crippen LogP contribution in [0.5, 0.6) is 5.75 Å². The maximum atomic E-state index is 12.4. The normalized spacial score (nSPS) is 23.2. The van der Waals surface area contributed by atoms with E-state index >= 15 is 0 Å². The zero-order valence-corrected chi connectivity index (χ0v) is 15.3. The summed E-state index contributed by atoms with van der Waals surface area (Å²) in [5.74, 6) is 1.12. The minimum atomic E-state index is -0.329. The van der Waals surface area contributed by atoms with Crippen LogP contribution < -0.4 is 4.74 Å². The lowest BCUT2D eigenvalue weighted by molar-refractivity contribution is -0.147. The summed E-state index contributed by atoms with van der Waals surface area (Å²) in [4.78, 5) is 18.1. The number of methoxy groups -OCH3 is 1. The molecule has 0 amide bonds. The van der Waals surface area contributed by atoms with Crippen LogP contribution >= 0.6 is 0 Å². The van der Waals surface area contributed by atoms with Gasteiger partial charge in [0.2, 0.25) is 0 Å². The number of hydrogen-bond acceptors (Lipinski definition) is 4. The van der Waals surface area contributed by atoms with Crippen LogP contribution in [0, 0.1) is 0 Å². The van der Waals surface area contributed by atoms with Gasteiger partial charge in [-0.05, 0) is 42.3 Å². The molecule has 2 bridgehead atoms. The van der Waals surface area contributed by atoms with Crippen molar-refractivity contribution in [2.45, 2.75) is 25.0 Å². The highest BCUT2D eigenvalue weighted by Gasteiger charge is 2.44. The van der Waals surface area contributed by atoms with E-state index in [-0.39, 0.29) is 12.0 Å². The van der Waals surface area contributed by atoms with E-state index in [1.807, 2.05) is 30.3 Å². The van der Waals surface area contributed by atoms with E-state index in [0.717, 1.165) is 47.4 Å². The molecule has 138 valence electrons. The Bertz CT molecular complexity index is 995. The Balaban J connectivity index is 1.52. The third-order valence-electron chi connectivity index (χ3n) is 5.78. The van der Waals surface area contributed by atoms with Crippen molar-refractivity contribution in [2.24, 2.45) is 0 Å². The third-order valence-corrected chi connectivity index (χ3v) is 5.78. The Kier molecular flexibility index (Phi) is 3.90. The summed E-state index contributed by atoms with van der Waals surface area (Å²) in [6.45, 7) is 2.38. The molecule has 5 rings (SSSR count). The third kappa shape index (κ3) is 2.70. The molecule has 2 aliphatic rings. The van der Waals surface area contributed by atoms with E-state index in [4.69, 9.17) is 9.47 Å². The van der Waals surface area contributed by atoms with Crippen LogP contribution in [0.2, 0.25) is 0 Å². The lowest BCUT2D eigenvalue weighted by Gasteiger charge is -2.30. The SMILES string of the molecule is COC(=O)C1c2[nH]c3ccc(OCc4ccccc4)cc3c2C2CCN1C2. The highest BCUT2D eigenvalue weighted by Crippen LogP contribution is 2.46. The van der Waals surface area contributed by atoms with E-state index < -0.39 is 0 Å². The standard InChI is InChI=1S/C22H22N2O3/c1-26-22(25)21-20-19(15-9-10-24(21)12-15)17-11-16(7-8-18(17)23-20)27-13-14-5-3-2-4-6-14/h2-8,11,15,21,23H,9-10,12-13H2,1H3. The van der Waals surface area contributed by atoms with Gasteiger partial charge in [0.15, 0.2) is 0 Å². The highest BCUT2D eigenvalue weighted by molar-refractivity contribution is 5.90. The Morgan fingerprint density at radius 3 is 2.89 bits per heavy atom. The van der Waals surface area contributed by atoms with Crippen LogP contribution in [0.4, 0.5) is 0 Å². The van der Waals surface area contributed by atoms with Crippen molar-refractivity contribution in [1.82, 2.24) is 9.88 Å². The first-order valence-electron chi connectivity index (χ1n) is 9.38. The number of nitrogens with one attached hydrogen (secondary N) is 1. The number of carbonyl (C=O) groups excluding carboxylic acids is 1. The molecule has 1 aromatic heterocycles. The fourth-order valence-corrected chi connectivity index (χ4v) is 4.52. The van der Waals surface area contributed by atoms with Gasteiger partial charge >= 0.3 is 5.97 Å². The van der Waals surface area contributed by atoms with Gasteiger partial charge < -0.3 is 14.5 Å². The molecule has 1 fully saturated rings. The summed E-state index contributed by atoms with van der Waals surface area (Å²) >= 11 is 0. The molecular weight excluding hydrogens is 340 g/mol. The second-order valence-corrected chi connectivity index (χ2v) is 7.34. The van der Waals surface area contributed by atoms with E-state index in [2.05, 4.69) is 28.1 Å². The molecule has 1 saturated heterocycles. The monoisotopic (exact) mass is 362 g/mol. The van der Waals surface area contributed by atoms with Crippen molar-refractivity contribution in [3.05, 3.63) is 65.4 Å². The average molecular weight is 362 g/mol. The van der Waals surface area contributed by atoms with Gasteiger partial charge in [-0.25, -0.2) is 4.79 Å². The maximum absolute atomic E-state index is 12.4. The topological polar surface area (TPSA) is 54.6 Å². The minimum Gasteiger partial charge on any atom is -0.489 e. The van der Waals surface area contributed by atoms with Crippen LogP contribution in [0.15, 0.2) is 48.5 Å². The molecule has 1 N–H and O–H groups in total. The van der Waals surface area contributed by atoms with Crippen molar-refractivity contribution in [3.8, 4) is 5.75 Å². The first-order valence-corrected chi connectivity index (χ1v) is 9.38. The molecular formula is C22H22N2O3. The van der Waals surface area contributed by atoms with Gasteiger partial charge in [-0.3, -0.25) is 4.90 Å². The molecule has 0 spiro atoms. The summed E-state index contributed by atoms with van der Waals surface area (Å²) in [5.41, 5.74) is 4.45. The number of esters is 1. The van der Waals surface area contributed by atoms with E-state index in [0.29, 0.717) is 12.5 Å². The maximum Gasteiger partial charge on any atom is 0.329 e. The molecule has 2 aromatic carbocycles. The van der Waals surface area contributed by atoms with Gasteiger partial charge in [-0.15, -0.1) is 0 Å². The number of ether oxygens (including phenoxy) is 2. The fraction of sp³-hybridized carbons (Fsp3) is 0.318. The predicted molar refractivity (Wildman–Crippen MR) is 103 cm³/mol. The number of hydrogen-bond donors (Lipinski definition) is 1. The fourth-order valence-electron chi connectivity index (χ4n) is 4.52. The van der Waals surface area contributed by atoms with Gasteiger partial charge in [0.1, 0.15) is 18.4 Å². The minimum absolute atomic E-state index is 0.191. The Morgan fingerprint density at radius 2 is 2.07 bits per heavy atom. The van der Waals surface area contributed by atoms with Crippen molar-refractivity contribution in [1.29, 1.82) is 0 Å². The smallest absolute Gasteiger partial charge is 0.329 e. The summed E-state index contributed by atoms with van der Waals surface area (Å²) < 4.78 is 11.1. The van der Waals surface area contributed by atoms with Crippen LogP contribution in [0.25, 0.3) is 10.9 Å².